The average molecular weight is 206 g/mol. The van der Waals surface area contributed by atoms with Crippen molar-refractivity contribution < 1.29 is 19.4 Å². The summed E-state index contributed by atoms with van der Waals surface area (Å²) < 4.78 is 9.90. The molecule has 0 spiro atoms. The first-order valence-corrected chi connectivity index (χ1v) is 4.55. The van der Waals surface area contributed by atoms with E-state index in [1.165, 1.54) is 0 Å². The summed E-state index contributed by atoms with van der Waals surface area (Å²) in [6.07, 6.45) is 0. The van der Waals surface area contributed by atoms with E-state index in [0.717, 1.165) is 13.1 Å². The largest absolute Gasteiger partial charge is 0.480 e. The van der Waals surface area contributed by atoms with Gasteiger partial charge in [-0.3, -0.25) is 0 Å². The van der Waals surface area contributed by atoms with E-state index in [2.05, 4.69) is 5.32 Å². The smallest absolute Gasteiger partial charge is 0.329 e. The topological polar surface area (TPSA) is 93.8 Å². The molecule has 0 atom stereocenters. The first kappa shape index (κ1) is 13.3. The van der Waals surface area contributed by atoms with Crippen molar-refractivity contribution in [2.45, 2.75) is 0 Å². The second-order valence-electron chi connectivity index (χ2n) is 2.60. The van der Waals surface area contributed by atoms with E-state index < -0.39 is 5.97 Å². The molecule has 0 aliphatic rings. The van der Waals surface area contributed by atoms with E-state index in [0.29, 0.717) is 26.4 Å². The van der Waals surface area contributed by atoms with Crippen LogP contribution in [0.4, 0.5) is 0 Å². The first-order valence-electron chi connectivity index (χ1n) is 4.55. The van der Waals surface area contributed by atoms with Crippen molar-refractivity contribution in [2.75, 3.05) is 46.1 Å². The molecular formula is C8H18N2O4. The van der Waals surface area contributed by atoms with Gasteiger partial charge in [0.15, 0.2) is 0 Å². The molecule has 0 fully saturated rings. The number of carbonyl (C=O) groups is 1. The minimum absolute atomic E-state index is 0.269. The fourth-order valence-electron chi connectivity index (χ4n) is 0.751. The number of rotatable bonds is 10. The normalized spacial score (nSPS) is 10.4. The molecule has 0 saturated heterocycles. The highest BCUT2D eigenvalue weighted by Gasteiger charge is 1.95. The number of nitrogens with one attached hydrogen (secondary N) is 1. The van der Waals surface area contributed by atoms with Crippen LogP contribution in [0.2, 0.25) is 0 Å². The monoisotopic (exact) mass is 206 g/mol. The van der Waals surface area contributed by atoms with Gasteiger partial charge in [0.2, 0.25) is 0 Å². The molecule has 0 bridgehead atoms. The molecule has 0 rings (SSSR count). The van der Waals surface area contributed by atoms with Crippen molar-refractivity contribution in [1.29, 1.82) is 0 Å². The molecule has 14 heavy (non-hydrogen) atoms. The molecule has 0 aromatic rings. The quantitative estimate of drug-likeness (QED) is 0.383. The van der Waals surface area contributed by atoms with E-state index in [1.54, 1.807) is 0 Å². The van der Waals surface area contributed by atoms with Crippen LogP contribution in [0.25, 0.3) is 0 Å². The van der Waals surface area contributed by atoms with Crippen molar-refractivity contribution in [3.63, 3.8) is 0 Å². The summed E-state index contributed by atoms with van der Waals surface area (Å²) in [7, 11) is 0. The zero-order chi connectivity index (χ0) is 10.6. The van der Waals surface area contributed by atoms with Crippen LogP contribution in [0.5, 0.6) is 0 Å². The van der Waals surface area contributed by atoms with E-state index >= 15 is 0 Å². The molecule has 0 radical (unpaired) electrons. The summed E-state index contributed by atoms with van der Waals surface area (Å²) in [5.74, 6) is -0.963. The van der Waals surface area contributed by atoms with E-state index in [-0.39, 0.29) is 6.61 Å². The zero-order valence-electron chi connectivity index (χ0n) is 8.20. The fourth-order valence-corrected chi connectivity index (χ4v) is 0.751. The predicted octanol–water partition coefficient (Wildman–Crippen LogP) is -1.35. The molecule has 0 amide bonds. The Morgan fingerprint density at radius 1 is 1.21 bits per heavy atom. The maximum Gasteiger partial charge on any atom is 0.329 e. The van der Waals surface area contributed by atoms with E-state index in [9.17, 15) is 4.79 Å². The van der Waals surface area contributed by atoms with Crippen LogP contribution in [0.15, 0.2) is 0 Å². The van der Waals surface area contributed by atoms with Crippen LogP contribution >= 0.6 is 0 Å². The minimum Gasteiger partial charge on any atom is -0.480 e. The number of hydrogen-bond donors (Lipinski definition) is 3. The van der Waals surface area contributed by atoms with Crippen molar-refractivity contribution in [2.24, 2.45) is 5.73 Å². The lowest BCUT2D eigenvalue weighted by atomic mass is 10.6. The SMILES string of the molecule is NCCNCCOCCOCC(=O)O. The molecule has 6 nitrogen and oxygen atoms in total. The number of carboxylic acid groups (broad SMARTS) is 1. The molecule has 0 saturated carbocycles. The van der Waals surface area contributed by atoms with Crippen LogP contribution in [0.3, 0.4) is 0 Å². The van der Waals surface area contributed by atoms with Gasteiger partial charge in [-0.2, -0.15) is 0 Å². The van der Waals surface area contributed by atoms with Crippen LogP contribution in [-0.2, 0) is 14.3 Å². The van der Waals surface area contributed by atoms with Gasteiger partial charge in [0.25, 0.3) is 0 Å². The van der Waals surface area contributed by atoms with Crippen molar-refractivity contribution in [3.8, 4) is 0 Å². The number of aliphatic carboxylic acids is 1. The van der Waals surface area contributed by atoms with Crippen LogP contribution in [0, 0.1) is 0 Å². The number of ether oxygens (including phenoxy) is 2. The number of nitrogens with two attached hydrogens (primary N) is 1. The second kappa shape index (κ2) is 10.4. The molecule has 0 unspecified atom stereocenters. The summed E-state index contributed by atoms with van der Waals surface area (Å²) in [5.41, 5.74) is 5.26. The third kappa shape index (κ3) is 11.3. The summed E-state index contributed by atoms with van der Waals surface area (Å²) >= 11 is 0. The molecular weight excluding hydrogens is 188 g/mol. The lowest BCUT2D eigenvalue weighted by molar-refractivity contribution is -0.142. The fraction of sp³-hybridized carbons (Fsp3) is 0.875. The summed E-state index contributed by atoms with van der Waals surface area (Å²) in [4.78, 5) is 10.0. The highest BCUT2D eigenvalue weighted by molar-refractivity contribution is 5.67. The lowest BCUT2D eigenvalue weighted by Crippen LogP contribution is -2.26. The van der Waals surface area contributed by atoms with Crippen LogP contribution < -0.4 is 11.1 Å². The van der Waals surface area contributed by atoms with Crippen molar-refractivity contribution >= 4 is 5.97 Å². The molecule has 0 aromatic carbocycles. The van der Waals surface area contributed by atoms with Gasteiger partial charge in [0, 0.05) is 19.6 Å². The van der Waals surface area contributed by atoms with Crippen molar-refractivity contribution in [3.05, 3.63) is 0 Å². The van der Waals surface area contributed by atoms with Crippen molar-refractivity contribution in [1.82, 2.24) is 5.32 Å². The highest BCUT2D eigenvalue weighted by atomic mass is 16.5. The average Bonchev–Trinajstić information content (AvgIpc) is 2.15. The summed E-state index contributed by atoms with van der Waals surface area (Å²) in [6, 6.07) is 0. The second-order valence-corrected chi connectivity index (χ2v) is 2.60. The van der Waals surface area contributed by atoms with Crippen LogP contribution in [-0.4, -0.2) is 57.1 Å². The Bertz CT molecular complexity index is 143. The Kier molecular flexibility index (Phi) is 9.88. The Morgan fingerprint density at radius 2 is 1.93 bits per heavy atom. The predicted molar refractivity (Wildman–Crippen MR) is 51.2 cm³/mol. The standard InChI is InChI=1S/C8H18N2O4/c9-1-2-10-3-4-13-5-6-14-7-8(11)12/h10H,1-7,9H2,(H,11,12). The maximum absolute atomic E-state index is 10.0. The van der Waals surface area contributed by atoms with Gasteiger partial charge < -0.3 is 25.6 Å². The van der Waals surface area contributed by atoms with Gasteiger partial charge >= 0.3 is 5.97 Å². The molecule has 0 aliphatic carbocycles. The molecule has 84 valence electrons. The molecule has 6 heteroatoms. The maximum atomic E-state index is 10.0. The number of carboxylic acids is 1. The lowest BCUT2D eigenvalue weighted by Gasteiger charge is -2.04. The van der Waals surface area contributed by atoms with Gasteiger partial charge in [-0.15, -0.1) is 0 Å². The van der Waals surface area contributed by atoms with Gasteiger partial charge in [-0.1, -0.05) is 0 Å². The first-order chi connectivity index (χ1) is 6.77. The Morgan fingerprint density at radius 3 is 2.57 bits per heavy atom. The van der Waals surface area contributed by atoms with Gasteiger partial charge in [0.1, 0.15) is 6.61 Å². The van der Waals surface area contributed by atoms with E-state index in [4.69, 9.17) is 20.3 Å². The van der Waals surface area contributed by atoms with Gasteiger partial charge in [0.05, 0.1) is 19.8 Å². The molecule has 4 N–H and O–H groups in total. The number of hydrogen-bond acceptors (Lipinski definition) is 5. The Labute approximate surface area is 83.4 Å². The Hall–Kier alpha value is -0.690. The highest BCUT2D eigenvalue weighted by Crippen LogP contribution is 1.78. The van der Waals surface area contributed by atoms with Crippen LogP contribution in [0.1, 0.15) is 0 Å². The van der Waals surface area contributed by atoms with Gasteiger partial charge in [-0.05, 0) is 0 Å². The zero-order valence-corrected chi connectivity index (χ0v) is 8.20. The summed E-state index contributed by atoms with van der Waals surface area (Å²) in [5, 5.41) is 11.3. The van der Waals surface area contributed by atoms with Gasteiger partial charge in [-0.25, -0.2) is 4.79 Å². The third-order valence-electron chi connectivity index (χ3n) is 1.34. The molecule has 0 aliphatic heterocycles. The third-order valence-corrected chi connectivity index (χ3v) is 1.34. The minimum atomic E-state index is -0.963. The summed E-state index contributed by atoms with van der Waals surface area (Å²) in [6.45, 7) is 3.17. The van der Waals surface area contributed by atoms with E-state index in [1.807, 2.05) is 0 Å². The molecule has 0 heterocycles. The molecule has 0 aromatic heterocycles. The Balaban J connectivity index is 2.88.